The zero-order chi connectivity index (χ0) is 15.9. The van der Waals surface area contributed by atoms with E-state index in [9.17, 15) is 14.7 Å². The second-order valence-electron chi connectivity index (χ2n) is 4.79. The van der Waals surface area contributed by atoms with Crippen LogP contribution in [0.3, 0.4) is 0 Å². The number of hydrogen-bond acceptors (Lipinski definition) is 4. The zero-order valence-corrected chi connectivity index (χ0v) is 13.1. The predicted molar refractivity (Wildman–Crippen MR) is 85.4 cm³/mol. The Morgan fingerprint density at radius 3 is 2.45 bits per heavy atom. The average Bonchev–Trinajstić information content (AvgIpc) is 3.00. The third kappa shape index (κ3) is 4.41. The number of thiophene rings is 1. The van der Waals surface area contributed by atoms with Crippen molar-refractivity contribution in [2.45, 2.75) is 26.6 Å². The van der Waals surface area contributed by atoms with E-state index in [1.165, 1.54) is 18.3 Å². The maximum absolute atomic E-state index is 12.1. The van der Waals surface area contributed by atoms with Crippen LogP contribution in [0.25, 0.3) is 0 Å². The molecule has 6 heteroatoms. The van der Waals surface area contributed by atoms with Crippen molar-refractivity contribution in [2.75, 3.05) is 0 Å². The van der Waals surface area contributed by atoms with Crippen LogP contribution >= 0.6 is 11.3 Å². The van der Waals surface area contributed by atoms with E-state index in [0.717, 1.165) is 16.0 Å². The highest BCUT2D eigenvalue weighted by atomic mass is 32.1. The van der Waals surface area contributed by atoms with Crippen LogP contribution in [0.4, 0.5) is 0 Å². The Labute approximate surface area is 133 Å². The highest BCUT2D eigenvalue weighted by molar-refractivity contribution is 7.14. The number of rotatable bonds is 6. The molecule has 116 valence electrons. The van der Waals surface area contributed by atoms with E-state index in [1.807, 2.05) is 30.3 Å². The standard InChI is InChI=1S/C16H18N2O3S/c1-11(20)17-9-14-6-7-15(22-14)16(21)18-8-12-4-2-3-5-13(12)10-19/h2-7,19H,8-10H2,1H3,(H,17,20)(H,18,21). The summed E-state index contributed by atoms with van der Waals surface area (Å²) in [7, 11) is 0. The van der Waals surface area contributed by atoms with Crippen molar-refractivity contribution >= 4 is 23.2 Å². The number of amides is 2. The van der Waals surface area contributed by atoms with Crippen LogP contribution < -0.4 is 10.6 Å². The fourth-order valence-corrected chi connectivity index (χ4v) is 2.82. The summed E-state index contributed by atoms with van der Waals surface area (Å²) < 4.78 is 0. The number of aliphatic hydroxyl groups excluding tert-OH is 1. The molecule has 1 heterocycles. The molecule has 3 N–H and O–H groups in total. The van der Waals surface area contributed by atoms with Gasteiger partial charge in [-0.05, 0) is 23.3 Å². The molecular formula is C16H18N2O3S. The summed E-state index contributed by atoms with van der Waals surface area (Å²) in [6.07, 6.45) is 0. The molecular weight excluding hydrogens is 300 g/mol. The van der Waals surface area contributed by atoms with Crippen molar-refractivity contribution in [3.63, 3.8) is 0 Å². The second kappa shape index (κ2) is 7.72. The highest BCUT2D eigenvalue weighted by Crippen LogP contribution is 2.16. The first-order valence-corrected chi connectivity index (χ1v) is 7.71. The van der Waals surface area contributed by atoms with Crippen molar-refractivity contribution in [3.8, 4) is 0 Å². The minimum Gasteiger partial charge on any atom is -0.392 e. The summed E-state index contributed by atoms with van der Waals surface area (Å²) in [4.78, 5) is 24.5. The van der Waals surface area contributed by atoms with E-state index >= 15 is 0 Å². The first kappa shape index (κ1) is 16.2. The maximum atomic E-state index is 12.1. The van der Waals surface area contributed by atoms with Gasteiger partial charge in [0.25, 0.3) is 5.91 Å². The molecule has 0 fully saturated rings. The largest absolute Gasteiger partial charge is 0.392 e. The van der Waals surface area contributed by atoms with Crippen LogP contribution in [-0.2, 0) is 24.5 Å². The average molecular weight is 318 g/mol. The highest BCUT2D eigenvalue weighted by Gasteiger charge is 2.10. The van der Waals surface area contributed by atoms with E-state index in [-0.39, 0.29) is 18.4 Å². The smallest absolute Gasteiger partial charge is 0.261 e. The van der Waals surface area contributed by atoms with Crippen LogP contribution in [0.2, 0.25) is 0 Å². The molecule has 0 atom stereocenters. The van der Waals surface area contributed by atoms with Crippen molar-refractivity contribution in [3.05, 3.63) is 57.3 Å². The van der Waals surface area contributed by atoms with Gasteiger partial charge in [0.05, 0.1) is 18.0 Å². The van der Waals surface area contributed by atoms with Crippen LogP contribution in [0.15, 0.2) is 36.4 Å². The third-order valence-corrected chi connectivity index (χ3v) is 4.21. The maximum Gasteiger partial charge on any atom is 0.261 e. The van der Waals surface area contributed by atoms with Gasteiger partial charge in [0, 0.05) is 18.3 Å². The Kier molecular flexibility index (Phi) is 5.68. The number of hydrogen-bond donors (Lipinski definition) is 3. The Balaban J connectivity index is 1.93. The Morgan fingerprint density at radius 1 is 1.05 bits per heavy atom. The fourth-order valence-electron chi connectivity index (χ4n) is 1.95. The van der Waals surface area contributed by atoms with Crippen molar-refractivity contribution in [2.24, 2.45) is 0 Å². The van der Waals surface area contributed by atoms with Crippen molar-refractivity contribution in [1.82, 2.24) is 10.6 Å². The molecule has 1 aromatic heterocycles. The van der Waals surface area contributed by atoms with Crippen molar-refractivity contribution in [1.29, 1.82) is 0 Å². The summed E-state index contributed by atoms with van der Waals surface area (Å²) in [5.74, 6) is -0.258. The lowest BCUT2D eigenvalue weighted by Gasteiger charge is -2.08. The molecule has 22 heavy (non-hydrogen) atoms. The summed E-state index contributed by atoms with van der Waals surface area (Å²) in [5, 5.41) is 14.8. The van der Waals surface area contributed by atoms with Gasteiger partial charge in [0.15, 0.2) is 0 Å². The van der Waals surface area contributed by atoms with Crippen LogP contribution in [0.5, 0.6) is 0 Å². The lowest BCUT2D eigenvalue weighted by Crippen LogP contribution is -2.22. The van der Waals surface area contributed by atoms with Crippen LogP contribution in [0.1, 0.15) is 32.6 Å². The Bertz CT molecular complexity index is 667. The number of nitrogens with one attached hydrogen (secondary N) is 2. The summed E-state index contributed by atoms with van der Waals surface area (Å²) in [5.41, 5.74) is 1.70. The van der Waals surface area contributed by atoms with Gasteiger partial charge in [0.1, 0.15) is 0 Å². The molecule has 0 aliphatic heterocycles. The number of carbonyl (C=O) groups is 2. The molecule has 0 saturated heterocycles. The molecule has 0 radical (unpaired) electrons. The molecule has 0 saturated carbocycles. The first-order valence-electron chi connectivity index (χ1n) is 6.89. The Morgan fingerprint density at radius 2 is 1.77 bits per heavy atom. The first-order chi connectivity index (χ1) is 10.6. The van der Waals surface area contributed by atoms with E-state index in [1.54, 1.807) is 6.07 Å². The van der Waals surface area contributed by atoms with E-state index in [0.29, 0.717) is 18.0 Å². The number of aliphatic hydroxyl groups is 1. The van der Waals surface area contributed by atoms with Gasteiger partial charge in [-0.15, -0.1) is 11.3 Å². The summed E-state index contributed by atoms with van der Waals surface area (Å²) >= 11 is 1.35. The molecule has 2 rings (SSSR count). The topological polar surface area (TPSA) is 78.4 Å². The Hall–Kier alpha value is -2.18. The van der Waals surface area contributed by atoms with Gasteiger partial charge in [-0.2, -0.15) is 0 Å². The monoisotopic (exact) mass is 318 g/mol. The fraction of sp³-hybridized carbons (Fsp3) is 0.250. The SMILES string of the molecule is CC(=O)NCc1ccc(C(=O)NCc2ccccc2CO)s1. The van der Waals surface area contributed by atoms with E-state index in [4.69, 9.17) is 0 Å². The molecule has 2 amide bonds. The van der Waals surface area contributed by atoms with Crippen molar-refractivity contribution < 1.29 is 14.7 Å². The molecule has 0 spiro atoms. The number of benzene rings is 1. The zero-order valence-electron chi connectivity index (χ0n) is 12.3. The molecule has 0 bridgehead atoms. The lowest BCUT2D eigenvalue weighted by atomic mass is 10.1. The van der Waals surface area contributed by atoms with Crippen LogP contribution in [0, 0.1) is 0 Å². The second-order valence-corrected chi connectivity index (χ2v) is 5.95. The van der Waals surface area contributed by atoms with Gasteiger partial charge >= 0.3 is 0 Å². The predicted octanol–water partition coefficient (Wildman–Crippen LogP) is 1.81. The summed E-state index contributed by atoms with van der Waals surface area (Å²) in [6, 6.07) is 11.0. The molecule has 0 unspecified atom stereocenters. The minimum atomic E-state index is -0.160. The van der Waals surface area contributed by atoms with E-state index < -0.39 is 0 Å². The van der Waals surface area contributed by atoms with Gasteiger partial charge in [-0.1, -0.05) is 24.3 Å². The number of carbonyl (C=O) groups excluding carboxylic acids is 2. The lowest BCUT2D eigenvalue weighted by molar-refractivity contribution is -0.119. The van der Waals surface area contributed by atoms with Gasteiger partial charge in [0.2, 0.25) is 5.91 Å². The molecule has 0 aliphatic carbocycles. The molecule has 2 aromatic rings. The van der Waals surface area contributed by atoms with Gasteiger partial charge < -0.3 is 15.7 Å². The normalized spacial score (nSPS) is 10.3. The molecule has 1 aromatic carbocycles. The quantitative estimate of drug-likeness (QED) is 0.760. The van der Waals surface area contributed by atoms with Gasteiger partial charge in [-0.3, -0.25) is 9.59 Å². The third-order valence-electron chi connectivity index (χ3n) is 3.13. The summed E-state index contributed by atoms with van der Waals surface area (Å²) in [6.45, 7) is 2.21. The minimum absolute atomic E-state index is 0.0497. The van der Waals surface area contributed by atoms with Gasteiger partial charge in [-0.25, -0.2) is 0 Å². The van der Waals surface area contributed by atoms with Crippen LogP contribution in [-0.4, -0.2) is 16.9 Å². The molecule has 5 nitrogen and oxygen atoms in total. The van der Waals surface area contributed by atoms with E-state index in [2.05, 4.69) is 10.6 Å². The molecule has 0 aliphatic rings.